The number of hydrogen-bond acceptors (Lipinski definition) is 6. The molecular formula is C15H19N5O2. The lowest BCUT2D eigenvalue weighted by Gasteiger charge is -2.33. The fourth-order valence-electron chi connectivity index (χ4n) is 2.35. The van der Waals surface area contributed by atoms with Crippen LogP contribution in [0, 0.1) is 6.92 Å². The molecule has 22 heavy (non-hydrogen) atoms. The number of nitrogens with zero attached hydrogens (tertiary/aromatic N) is 4. The van der Waals surface area contributed by atoms with Crippen LogP contribution in [0.25, 0.3) is 0 Å². The molecule has 2 aromatic heterocycles. The monoisotopic (exact) mass is 301 g/mol. The largest absolute Gasteiger partial charge is 0.354 e. The molecule has 0 spiro atoms. The first kappa shape index (κ1) is 14.5. The van der Waals surface area contributed by atoms with E-state index in [0.717, 1.165) is 32.0 Å². The number of hydrogen-bond donors (Lipinski definition) is 1. The minimum Gasteiger partial charge on any atom is -0.354 e. The fraction of sp³-hybridized carbons (Fsp3) is 0.400. The molecule has 1 aliphatic rings. The summed E-state index contributed by atoms with van der Waals surface area (Å²) in [7, 11) is 2.12. The van der Waals surface area contributed by atoms with Crippen LogP contribution in [0.15, 0.2) is 28.9 Å². The van der Waals surface area contributed by atoms with E-state index in [-0.39, 0.29) is 11.7 Å². The molecular weight excluding hydrogens is 282 g/mol. The number of likely N-dealkylation sites (N-methyl/N-ethyl adjacent to an activating group) is 1. The van der Waals surface area contributed by atoms with Gasteiger partial charge in [0, 0.05) is 32.2 Å². The Morgan fingerprint density at radius 2 is 2.05 bits per heavy atom. The van der Waals surface area contributed by atoms with Crippen molar-refractivity contribution in [1.82, 2.24) is 15.0 Å². The van der Waals surface area contributed by atoms with Crippen LogP contribution in [-0.4, -0.2) is 54.2 Å². The standard InChI is InChI=1S/C15H19N5O2/c1-11-9-13(22-18-11)15(21)17-12-3-4-14(16-10-12)20-7-5-19(2)6-8-20/h3-4,9-10H,5-8H2,1-2H3,(H,17,21). The number of piperazine rings is 1. The molecule has 0 bridgehead atoms. The molecule has 1 fully saturated rings. The molecule has 1 amide bonds. The van der Waals surface area contributed by atoms with Crippen molar-refractivity contribution in [2.24, 2.45) is 0 Å². The number of pyridine rings is 1. The molecule has 0 aromatic carbocycles. The van der Waals surface area contributed by atoms with Crippen LogP contribution >= 0.6 is 0 Å². The minimum atomic E-state index is -0.324. The normalized spacial score (nSPS) is 15.8. The Hall–Kier alpha value is -2.41. The van der Waals surface area contributed by atoms with Gasteiger partial charge in [-0.2, -0.15) is 0 Å². The maximum absolute atomic E-state index is 12.0. The van der Waals surface area contributed by atoms with Crippen LogP contribution in [0.3, 0.4) is 0 Å². The van der Waals surface area contributed by atoms with Gasteiger partial charge in [-0.3, -0.25) is 4.79 Å². The van der Waals surface area contributed by atoms with Crippen molar-refractivity contribution < 1.29 is 9.32 Å². The van der Waals surface area contributed by atoms with E-state index in [0.29, 0.717) is 11.4 Å². The van der Waals surface area contributed by atoms with E-state index in [4.69, 9.17) is 4.52 Å². The summed E-state index contributed by atoms with van der Waals surface area (Å²) in [5.41, 5.74) is 1.31. The highest BCUT2D eigenvalue weighted by Gasteiger charge is 2.16. The average Bonchev–Trinajstić information content (AvgIpc) is 2.96. The summed E-state index contributed by atoms with van der Waals surface area (Å²) >= 11 is 0. The minimum absolute atomic E-state index is 0.195. The summed E-state index contributed by atoms with van der Waals surface area (Å²) < 4.78 is 4.93. The van der Waals surface area contributed by atoms with Crippen molar-refractivity contribution in [1.29, 1.82) is 0 Å². The van der Waals surface area contributed by atoms with Gasteiger partial charge in [0.15, 0.2) is 0 Å². The SMILES string of the molecule is Cc1cc(C(=O)Nc2ccc(N3CCN(C)CC3)nc2)on1. The van der Waals surface area contributed by atoms with E-state index in [2.05, 4.69) is 32.3 Å². The molecule has 0 radical (unpaired) electrons. The van der Waals surface area contributed by atoms with Crippen molar-refractivity contribution in [3.8, 4) is 0 Å². The zero-order valence-electron chi connectivity index (χ0n) is 12.7. The van der Waals surface area contributed by atoms with E-state index in [1.165, 1.54) is 0 Å². The first-order valence-corrected chi connectivity index (χ1v) is 7.26. The zero-order chi connectivity index (χ0) is 15.5. The van der Waals surface area contributed by atoms with Gasteiger partial charge in [0.2, 0.25) is 5.76 Å². The van der Waals surface area contributed by atoms with Crippen molar-refractivity contribution >= 4 is 17.4 Å². The van der Waals surface area contributed by atoms with Crippen LogP contribution in [0.1, 0.15) is 16.2 Å². The quantitative estimate of drug-likeness (QED) is 0.923. The summed E-state index contributed by atoms with van der Waals surface area (Å²) in [6.07, 6.45) is 1.66. The second kappa shape index (κ2) is 6.15. The molecule has 3 rings (SSSR count). The summed E-state index contributed by atoms with van der Waals surface area (Å²) in [5.74, 6) is 0.803. The van der Waals surface area contributed by atoms with Gasteiger partial charge < -0.3 is 19.6 Å². The molecule has 0 atom stereocenters. The Morgan fingerprint density at radius 3 is 2.64 bits per heavy atom. The van der Waals surface area contributed by atoms with Gasteiger partial charge in [0.25, 0.3) is 5.91 Å². The van der Waals surface area contributed by atoms with Crippen molar-refractivity contribution in [3.05, 3.63) is 35.9 Å². The Bertz CT molecular complexity index is 644. The zero-order valence-corrected chi connectivity index (χ0v) is 12.7. The third-order valence-electron chi connectivity index (χ3n) is 3.68. The Balaban J connectivity index is 1.63. The smallest absolute Gasteiger partial charge is 0.294 e. The van der Waals surface area contributed by atoms with E-state index in [9.17, 15) is 4.79 Å². The first-order valence-electron chi connectivity index (χ1n) is 7.26. The predicted octanol–water partition coefficient (Wildman–Crippen LogP) is 1.38. The molecule has 0 aliphatic carbocycles. The third-order valence-corrected chi connectivity index (χ3v) is 3.68. The molecule has 0 saturated carbocycles. The Morgan fingerprint density at radius 1 is 1.27 bits per heavy atom. The van der Waals surface area contributed by atoms with Crippen LogP contribution < -0.4 is 10.2 Å². The number of amides is 1. The number of carbonyl (C=O) groups excluding carboxylic acids is 1. The number of carbonyl (C=O) groups is 1. The van der Waals surface area contributed by atoms with E-state index in [1.807, 2.05) is 12.1 Å². The lowest BCUT2D eigenvalue weighted by atomic mass is 10.3. The molecule has 1 aliphatic heterocycles. The topological polar surface area (TPSA) is 74.5 Å². The molecule has 116 valence electrons. The number of aryl methyl sites for hydroxylation is 1. The highest BCUT2D eigenvalue weighted by molar-refractivity contribution is 6.02. The lowest BCUT2D eigenvalue weighted by Crippen LogP contribution is -2.44. The summed E-state index contributed by atoms with van der Waals surface area (Å²) in [4.78, 5) is 20.9. The van der Waals surface area contributed by atoms with Gasteiger partial charge in [-0.15, -0.1) is 0 Å². The highest BCUT2D eigenvalue weighted by atomic mass is 16.5. The first-order chi connectivity index (χ1) is 10.6. The summed E-state index contributed by atoms with van der Waals surface area (Å²) in [5, 5.41) is 6.45. The van der Waals surface area contributed by atoms with Gasteiger partial charge in [-0.1, -0.05) is 5.16 Å². The molecule has 7 nitrogen and oxygen atoms in total. The third kappa shape index (κ3) is 3.25. The van der Waals surface area contributed by atoms with Gasteiger partial charge in [0.05, 0.1) is 17.6 Å². The van der Waals surface area contributed by atoms with E-state index in [1.54, 1.807) is 19.2 Å². The number of nitrogens with one attached hydrogen (secondary N) is 1. The number of anilines is 2. The van der Waals surface area contributed by atoms with Crippen molar-refractivity contribution in [2.75, 3.05) is 43.4 Å². The van der Waals surface area contributed by atoms with Gasteiger partial charge >= 0.3 is 0 Å². The van der Waals surface area contributed by atoms with E-state index >= 15 is 0 Å². The van der Waals surface area contributed by atoms with E-state index < -0.39 is 0 Å². The Kier molecular flexibility index (Phi) is 4.06. The van der Waals surface area contributed by atoms with Crippen LogP contribution in [0.5, 0.6) is 0 Å². The molecule has 2 aromatic rings. The van der Waals surface area contributed by atoms with Crippen molar-refractivity contribution in [2.45, 2.75) is 6.92 Å². The highest BCUT2D eigenvalue weighted by Crippen LogP contribution is 2.16. The van der Waals surface area contributed by atoms with Crippen molar-refractivity contribution in [3.63, 3.8) is 0 Å². The molecule has 1 saturated heterocycles. The second-order valence-electron chi connectivity index (χ2n) is 5.48. The van der Waals surface area contributed by atoms with Crippen LogP contribution in [-0.2, 0) is 0 Å². The fourth-order valence-corrected chi connectivity index (χ4v) is 2.35. The number of rotatable bonds is 3. The molecule has 0 unspecified atom stereocenters. The van der Waals surface area contributed by atoms with Gasteiger partial charge in [0.1, 0.15) is 5.82 Å². The van der Waals surface area contributed by atoms with Crippen LogP contribution in [0.2, 0.25) is 0 Å². The maximum Gasteiger partial charge on any atom is 0.294 e. The molecule has 7 heteroatoms. The average molecular weight is 301 g/mol. The maximum atomic E-state index is 12.0. The lowest BCUT2D eigenvalue weighted by molar-refractivity contribution is 0.0988. The predicted molar refractivity (Wildman–Crippen MR) is 83.1 cm³/mol. The van der Waals surface area contributed by atoms with Gasteiger partial charge in [-0.25, -0.2) is 4.98 Å². The second-order valence-corrected chi connectivity index (χ2v) is 5.48. The molecule has 1 N–H and O–H groups in total. The number of aromatic nitrogens is 2. The van der Waals surface area contributed by atoms with Gasteiger partial charge in [-0.05, 0) is 26.1 Å². The Labute approximate surface area is 128 Å². The molecule has 3 heterocycles. The van der Waals surface area contributed by atoms with Crippen LogP contribution in [0.4, 0.5) is 11.5 Å². The summed E-state index contributed by atoms with van der Waals surface area (Å²) in [6, 6.07) is 5.37. The summed E-state index contributed by atoms with van der Waals surface area (Å²) in [6.45, 7) is 5.77.